The first-order valence-electron chi connectivity index (χ1n) is 6.27. The van der Waals surface area contributed by atoms with E-state index in [0.29, 0.717) is 16.8 Å². The summed E-state index contributed by atoms with van der Waals surface area (Å²) in [6, 6.07) is 16.1. The molecule has 4 nitrogen and oxygen atoms in total. The summed E-state index contributed by atoms with van der Waals surface area (Å²) in [5, 5.41) is 14.5. The number of benzene rings is 2. The number of carbonyl (C=O) groups is 1. The maximum absolute atomic E-state index is 12.0. The third-order valence-corrected chi connectivity index (χ3v) is 2.96. The smallest absolute Gasteiger partial charge is 0.257 e. The predicted octanol–water partition coefficient (Wildman–Crippen LogP) is 2.99. The number of hydrogen-bond donors (Lipinski definition) is 2. The van der Waals surface area contributed by atoms with Crippen LogP contribution in [0.15, 0.2) is 48.5 Å². The fraction of sp³-hybridized carbons (Fsp3) is 0.0625. The van der Waals surface area contributed by atoms with Gasteiger partial charge in [0.2, 0.25) is 0 Å². The number of nitrogens with zero attached hydrogens (tertiary/aromatic N) is 1. The molecule has 5 heteroatoms. The Bertz CT molecular complexity index is 734. The van der Waals surface area contributed by atoms with Crippen LogP contribution in [0.4, 0.5) is 5.69 Å². The highest BCUT2D eigenvalue weighted by Crippen LogP contribution is 2.10. The number of amides is 1. The first kappa shape index (κ1) is 14.7. The van der Waals surface area contributed by atoms with Gasteiger partial charge in [-0.1, -0.05) is 23.8 Å². The van der Waals surface area contributed by atoms with E-state index < -0.39 is 0 Å². The molecule has 2 aromatic rings. The van der Waals surface area contributed by atoms with Crippen molar-refractivity contribution in [1.82, 2.24) is 5.32 Å². The summed E-state index contributed by atoms with van der Waals surface area (Å²) < 4.78 is 0. The lowest BCUT2D eigenvalue weighted by Gasteiger charge is -2.10. The number of rotatable bonds is 2. The molecule has 21 heavy (non-hydrogen) atoms. The summed E-state index contributed by atoms with van der Waals surface area (Å²) in [4.78, 5) is 12.0. The van der Waals surface area contributed by atoms with E-state index in [2.05, 4.69) is 10.6 Å². The van der Waals surface area contributed by atoms with E-state index in [1.54, 1.807) is 36.4 Å². The molecule has 0 aliphatic carbocycles. The molecule has 2 N–H and O–H groups in total. The first-order chi connectivity index (χ1) is 10.1. The monoisotopic (exact) mass is 295 g/mol. The Labute approximate surface area is 128 Å². The highest BCUT2D eigenvalue weighted by molar-refractivity contribution is 7.80. The minimum atomic E-state index is -0.271. The van der Waals surface area contributed by atoms with E-state index in [4.69, 9.17) is 17.5 Å². The summed E-state index contributed by atoms with van der Waals surface area (Å²) in [7, 11) is 0. The van der Waals surface area contributed by atoms with E-state index in [0.717, 1.165) is 5.56 Å². The Morgan fingerprint density at radius 3 is 2.67 bits per heavy atom. The highest BCUT2D eigenvalue weighted by atomic mass is 32.1. The van der Waals surface area contributed by atoms with Crippen LogP contribution in [0.3, 0.4) is 0 Å². The quantitative estimate of drug-likeness (QED) is 0.836. The maximum Gasteiger partial charge on any atom is 0.257 e. The fourth-order valence-electron chi connectivity index (χ4n) is 1.79. The Kier molecular flexibility index (Phi) is 4.64. The molecule has 0 bridgehead atoms. The van der Waals surface area contributed by atoms with Gasteiger partial charge in [-0.3, -0.25) is 10.1 Å². The van der Waals surface area contributed by atoms with Crippen LogP contribution in [0.5, 0.6) is 0 Å². The normalized spacial score (nSPS) is 9.52. The Morgan fingerprint density at radius 2 is 1.95 bits per heavy atom. The highest BCUT2D eigenvalue weighted by Gasteiger charge is 2.08. The molecule has 0 unspecified atom stereocenters. The van der Waals surface area contributed by atoms with Crippen molar-refractivity contribution in [2.45, 2.75) is 6.92 Å². The number of carbonyl (C=O) groups excluding carboxylic acids is 1. The summed E-state index contributed by atoms with van der Waals surface area (Å²) in [5.74, 6) is -0.271. The Morgan fingerprint density at radius 1 is 1.19 bits per heavy atom. The van der Waals surface area contributed by atoms with Crippen molar-refractivity contribution in [1.29, 1.82) is 5.26 Å². The van der Waals surface area contributed by atoms with Gasteiger partial charge in [0.1, 0.15) is 0 Å². The second-order valence-corrected chi connectivity index (χ2v) is 4.88. The molecule has 0 spiro atoms. The summed E-state index contributed by atoms with van der Waals surface area (Å²) in [6.45, 7) is 1.92. The van der Waals surface area contributed by atoms with Crippen LogP contribution in [-0.2, 0) is 0 Å². The van der Waals surface area contributed by atoms with Gasteiger partial charge in [-0.05, 0) is 49.5 Å². The fourth-order valence-corrected chi connectivity index (χ4v) is 2.00. The van der Waals surface area contributed by atoms with Crippen LogP contribution < -0.4 is 10.6 Å². The SMILES string of the molecule is Cc1cccc(C(=O)NC(=S)Nc2cccc(C#N)c2)c1. The zero-order chi connectivity index (χ0) is 15.2. The topological polar surface area (TPSA) is 64.9 Å². The minimum absolute atomic E-state index is 0.191. The molecule has 0 fully saturated rings. The second kappa shape index (κ2) is 6.64. The second-order valence-electron chi connectivity index (χ2n) is 4.47. The molecule has 1 amide bonds. The zero-order valence-electron chi connectivity index (χ0n) is 11.4. The van der Waals surface area contributed by atoms with Crippen molar-refractivity contribution in [3.8, 4) is 6.07 Å². The van der Waals surface area contributed by atoms with Crippen molar-refractivity contribution in [2.75, 3.05) is 5.32 Å². The van der Waals surface area contributed by atoms with Gasteiger partial charge in [0.15, 0.2) is 5.11 Å². The van der Waals surface area contributed by atoms with Crippen molar-refractivity contribution in [3.05, 3.63) is 65.2 Å². The molecule has 104 valence electrons. The molecule has 0 heterocycles. The van der Waals surface area contributed by atoms with E-state index in [1.807, 2.05) is 25.1 Å². The van der Waals surface area contributed by atoms with E-state index >= 15 is 0 Å². The number of hydrogen-bond acceptors (Lipinski definition) is 3. The molecular weight excluding hydrogens is 282 g/mol. The van der Waals surface area contributed by atoms with Crippen LogP contribution in [0.1, 0.15) is 21.5 Å². The van der Waals surface area contributed by atoms with Gasteiger partial charge in [0, 0.05) is 11.3 Å². The summed E-state index contributed by atoms with van der Waals surface area (Å²) in [6.07, 6.45) is 0. The third kappa shape index (κ3) is 4.13. The molecule has 0 saturated carbocycles. The number of nitrogens with one attached hydrogen (secondary N) is 2. The number of aryl methyl sites for hydroxylation is 1. The summed E-state index contributed by atoms with van der Waals surface area (Å²) in [5.41, 5.74) is 2.73. The molecule has 0 saturated heterocycles. The van der Waals surface area contributed by atoms with Crippen LogP contribution in [0.25, 0.3) is 0 Å². The van der Waals surface area contributed by atoms with Gasteiger partial charge in [-0.25, -0.2) is 0 Å². The van der Waals surface area contributed by atoms with Crippen LogP contribution >= 0.6 is 12.2 Å². The lowest BCUT2D eigenvalue weighted by Crippen LogP contribution is -2.34. The van der Waals surface area contributed by atoms with Gasteiger partial charge in [-0.15, -0.1) is 0 Å². The third-order valence-electron chi connectivity index (χ3n) is 2.76. The van der Waals surface area contributed by atoms with Crippen molar-refractivity contribution >= 4 is 28.9 Å². The number of thiocarbonyl (C=S) groups is 1. The first-order valence-corrected chi connectivity index (χ1v) is 6.68. The largest absolute Gasteiger partial charge is 0.332 e. The lowest BCUT2D eigenvalue weighted by atomic mass is 10.1. The Balaban J connectivity index is 2.01. The zero-order valence-corrected chi connectivity index (χ0v) is 12.2. The minimum Gasteiger partial charge on any atom is -0.332 e. The molecule has 0 aromatic heterocycles. The van der Waals surface area contributed by atoms with Gasteiger partial charge < -0.3 is 5.32 Å². The molecular formula is C16H13N3OS. The van der Waals surface area contributed by atoms with Crippen LogP contribution in [0, 0.1) is 18.3 Å². The number of nitriles is 1. The van der Waals surface area contributed by atoms with Gasteiger partial charge in [0.25, 0.3) is 5.91 Å². The van der Waals surface area contributed by atoms with E-state index in [1.165, 1.54) is 0 Å². The lowest BCUT2D eigenvalue weighted by molar-refractivity contribution is 0.0977. The Hall–Kier alpha value is -2.71. The average Bonchev–Trinajstić information content (AvgIpc) is 2.47. The van der Waals surface area contributed by atoms with Crippen LogP contribution in [-0.4, -0.2) is 11.0 Å². The standard InChI is InChI=1S/C16H13N3OS/c1-11-4-2-6-13(8-11)15(20)19-16(21)18-14-7-3-5-12(9-14)10-17/h2-9H,1H3,(H2,18,19,20,21). The van der Waals surface area contributed by atoms with Gasteiger partial charge in [0.05, 0.1) is 11.6 Å². The molecule has 0 aliphatic heterocycles. The molecule has 0 radical (unpaired) electrons. The van der Waals surface area contributed by atoms with Gasteiger partial charge in [-0.2, -0.15) is 5.26 Å². The number of anilines is 1. The molecule has 0 aliphatic rings. The average molecular weight is 295 g/mol. The van der Waals surface area contributed by atoms with Crippen molar-refractivity contribution in [3.63, 3.8) is 0 Å². The molecule has 2 aromatic carbocycles. The van der Waals surface area contributed by atoms with Gasteiger partial charge >= 0.3 is 0 Å². The molecule has 2 rings (SSSR count). The van der Waals surface area contributed by atoms with E-state index in [9.17, 15) is 4.79 Å². The maximum atomic E-state index is 12.0. The van der Waals surface area contributed by atoms with Crippen molar-refractivity contribution in [2.24, 2.45) is 0 Å². The van der Waals surface area contributed by atoms with E-state index in [-0.39, 0.29) is 11.0 Å². The predicted molar refractivity (Wildman–Crippen MR) is 86.0 cm³/mol. The van der Waals surface area contributed by atoms with Crippen LogP contribution in [0.2, 0.25) is 0 Å². The summed E-state index contributed by atoms with van der Waals surface area (Å²) >= 11 is 5.10. The molecule has 0 atom stereocenters. The van der Waals surface area contributed by atoms with Crippen molar-refractivity contribution < 1.29 is 4.79 Å².